The Kier molecular flexibility index (Phi) is 12.8. The number of halogens is 9. The quantitative estimate of drug-likeness (QED) is 0.0571. The summed E-state index contributed by atoms with van der Waals surface area (Å²) >= 11 is 0. The minimum atomic E-state index is -5.87. The first-order valence-corrected chi connectivity index (χ1v) is 22.3. The highest BCUT2D eigenvalue weighted by Crippen LogP contribution is 2.33. The maximum absolute atomic E-state index is 12.9. The number of carbonyl (C=O) groups is 2. The number of anilines is 2. The van der Waals surface area contributed by atoms with Crippen molar-refractivity contribution in [2.75, 3.05) is 10.6 Å². The summed E-state index contributed by atoms with van der Waals surface area (Å²) in [6.07, 6.45) is -9.07. The molecule has 18 heteroatoms. The van der Waals surface area contributed by atoms with Crippen LogP contribution in [0.1, 0.15) is 37.4 Å². The fourth-order valence-corrected chi connectivity index (χ4v) is 6.42. The average molecular weight is 875 g/mol. The van der Waals surface area contributed by atoms with Crippen molar-refractivity contribution in [3.63, 3.8) is 0 Å². The summed E-state index contributed by atoms with van der Waals surface area (Å²) in [6.45, 7) is 6.49. The Morgan fingerprint density at radius 1 is 0.583 bits per heavy atom. The van der Waals surface area contributed by atoms with E-state index in [1.807, 2.05) is 24.3 Å². The van der Waals surface area contributed by atoms with E-state index >= 15 is 0 Å². The smallest absolute Gasteiger partial charge is 0.376 e. The molecule has 0 aliphatic heterocycles. The Hall–Kier alpha value is -6.32. The molecule has 6 aromatic carbocycles. The van der Waals surface area contributed by atoms with E-state index in [1.165, 1.54) is 36.4 Å². The first kappa shape index (κ1) is 44.8. The topological polar surface area (TPSA) is 102 Å². The van der Waals surface area contributed by atoms with Gasteiger partial charge in [0.05, 0.1) is 11.1 Å². The molecule has 0 saturated heterocycles. The van der Waals surface area contributed by atoms with Crippen LogP contribution in [0.4, 0.5) is 50.9 Å². The number of alkyl halides is 9. The van der Waals surface area contributed by atoms with Gasteiger partial charge in [-0.05, 0) is 100 Å². The molecule has 0 fully saturated rings. The van der Waals surface area contributed by atoms with E-state index in [-0.39, 0.29) is 27.7 Å². The second kappa shape index (κ2) is 17.1. The van der Waals surface area contributed by atoms with Crippen LogP contribution in [0.3, 0.4) is 0 Å². The van der Waals surface area contributed by atoms with Crippen LogP contribution in [0.25, 0.3) is 21.5 Å². The molecular weight excluding hydrogens is 844 g/mol. The highest BCUT2D eigenvalue weighted by atomic mass is 32.2. The van der Waals surface area contributed by atoms with Gasteiger partial charge in [0.15, 0.2) is 0 Å². The lowest BCUT2D eigenvalue weighted by Crippen LogP contribution is -2.28. The first-order chi connectivity index (χ1) is 27.8. The number of rotatable bonds is 6. The third kappa shape index (κ3) is 11.4. The second-order valence-electron chi connectivity index (χ2n) is 14.0. The maximum atomic E-state index is 12.9. The minimum absolute atomic E-state index is 0.000130. The fraction of sp³-hybridized carbons (Fsp3) is 0.143. The van der Waals surface area contributed by atoms with Gasteiger partial charge in [0.25, 0.3) is 11.8 Å². The van der Waals surface area contributed by atoms with E-state index in [2.05, 4.69) is 45.9 Å². The molecule has 60 heavy (non-hydrogen) atoms. The first-order valence-electron chi connectivity index (χ1n) is 17.4. The van der Waals surface area contributed by atoms with Crippen LogP contribution >= 0.6 is 0 Å². The van der Waals surface area contributed by atoms with Crippen molar-refractivity contribution in [2.45, 2.75) is 37.5 Å². The number of amides is 2. The molecule has 312 valence electrons. The predicted octanol–water partition coefficient (Wildman–Crippen LogP) is 11.7. The minimum Gasteiger partial charge on any atom is -0.376 e. The summed E-state index contributed by atoms with van der Waals surface area (Å²) in [7, 11) is -7.38. The molecule has 0 saturated carbocycles. The molecule has 2 amide bonds. The lowest BCUT2D eigenvalue weighted by atomic mass is 10.0. The Morgan fingerprint density at radius 3 is 1.48 bits per heavy atom. The van der Waals surface area contributed by atoms with Crippen LogP contribution in [0.5, 0.6) is 5.75 Å². The summed E-state index contributed by atoms with van der Waals surface area (Å²) in [6, 6.07) is 26.6. The molecule has 0 aliphatic carbocycles. The van der Waals surface area contributed by atoms with Crippen molar-refractivity contribution >= 4 is 62.9 Å². The van der Waals surface area contributed by atoms with Crippen molar-refractivity contribution in [1.82, 2.24) is 0 Å². The van der Waals surface area contributed by atoms with E-state index in [9.17, 15) is 57.5 Å². The highest BCUT2D eigenvalue weighted by Gasteiger charge is 2.48. The van der Waals surface area contributed by atoms with Gasteiger partial charge in [0, 0.05) is 28.1 Å². The number of benzene rings is 6. The molecule has 2 N–H and O–H groups in total. The lowest BCUT2D eigenvalue weighted by molar-refractivity contribution is -0.138. The van der Waals surface area contributed by atoms with Gasteiger partial charge in [-0.1, -0.05) is 68.0 Å². The van der Waals surface area contributed by atoms with Crippen LogP contribution in [-0.2, 0) is 22.5 Å². The van der Waals surface area contributed by atoms with Gasteiger partial charge in [-0.3, -0.25) is 9.59 Å². The zero-order valence-electron chi connectivity index (χ0n) is 31.4. The molecule has 6 rings (SSSR count). The van der Waals surface area contributed by atoms with Crippen LogP contribution < -0.4 is 14.8 Å². The van der Waals surface area contributed by atoms with Crippen molar-refractivity contribution in [3.8, 4) is 17.2 Å². The number of fused-ring (bicyclic) bond motifs is 2. The molecule has 0 bridgehead atoms. The second-order valence-corrected chi connectivity index (χ2v) is 20.3. The monoisotopic (exact) mass is 874 g/mol. The third-order valence-corrected chi connectivity index (χ3v) is 10.0. The fourth-order valence-electron chi connectivity index (χ4n) is 5.45. The Bertz CT molecular complexity index is 2770. The van der Waals surface area contributed by atoms with Crippen LogP contribution in [-0.4, -0.2) is 33.8 Å². The molecular formula is C42H31F9N2O5SSi. The number of carbonyl (C=O) groups excluding carboxylic acids is 2. The number of hydrogen-bond acceptors (Lipinski definition) is 5. The maximum Gasteiger partial charge on any atom is 0.534 e. The molecule has 0 aliphatic rings. The van der Waals surface area contributed by atoms with E-state index in [0.717, 1.165) is 64.9 Å². The van der Waals surface area contributed by atoms with Crippen molar-refractivity contribution < 1.29 is 61.7 Å². The van der Waals surface area contributed by atoms with Gasteiger partial charge >= 0.3 is 28.0 Å². The van der Waals surface area contributed by atoms with E-state index < -0.39 is 64.7 Å². The van der Waals surface area contributed by atoms with Crippen LogP contribution in [0.2, 0.25) is 19.6 Å². The Balaban J connectivity index is 0.000000228. The van der Waals surface area contributed by atoms with Gasteiger partial charge in [-0.15, -0.1) is 5.54 Å². The molecule has 0 radical (unpaired) electrons. The van der Waals surface area contributed by atoms with Crippen molar-refractivity contribution in [1.29, 1.82) is 0 Å². The average Bonchev–Trinajstić information content (AvgIpc) is 3.15. The summed E-state index contributed by atoms with van der Waals surface area (Å²) in [5, 5.41) is 6.84. The number of hydrogen-bond donors (Lipinski definition) is 2. The molecule has 6 aromatic rings. The van der Waals surface area contributed by atoms with Gasteiger partial charge < -0.3 is 14.8 Å². The molecule has 0 heterocycles. The van der Waals surface area contributed by atoms with Crippen molar-refractivity contribution in [3.05, 3.63) is 149 Å². The van der Waals surface area contributed by atoms with Gasteiger partial charge in [0.1, 0.15) is 13.8 Å². The largest absolute Gasteiger partial charge is 0.534 e. The van der Waals surface area contributed by atoms with E-state index in [0.29, 0.717) is 5.56 Å². The van der Waals surface area contributed by atoms with Crippen molar-refractivity contribution in [2.24, 2.45) is 0 Å². The van der Waals surface area contributed by atoms with Gasteiger partial charge in [-0.2, -0.15) is 47.9 Å². The van der Waals surface area contributed by atoms with Gasteiger partial charge in [0.2, 0.25) is 0 Å². The molecule has 0 spiro atoms. The SMILES string of the molecule is C[Si](C)(C)C#Cc1ccc2c(C(=O)Nc3cccc(C(F)(F)F)c3)cccc2c1.O=C(Nc1cccc(C(F)(F)F)c1)c1cccc2cc(OS(=O)(=O)C(F)(F)F)ccc12. The van der Waals surface area contributed by atoms with E-state index in [1.54, 1.807) is 12.1 Å². The Morgan fingerprint density at radius 2 is 1.03 bits per heavy atom. The summed E-state index contributed by atoms with van der Waals surface area (Å²) in [5.41, 5.74) is -2.83. The zero-order valence-corrected chi connectivity index (χ0v) is 33.2. The predicted molar refractivity (Wildman–Crippen MR) is 213 cm³/mol. The molecule has 0 atom stereocenters. The van der Waals surface area contributed by atoms with Crippen LogP contribution in [0.15, 0.2) is 121 Å². The zero-order chi connectivity index (χ0) is 44.3. The van der Waals surface area contributed by atoms with Crippen LogP contribution in [0, 0.1) is 11.5 Å². The summed E-state index contributed by atoms with van der Waals surface area (Å²) in [5.74, 6) is 1.33. The lowest BCUT2D eigenvalue weighted by Gasteiger charge is -2.12. The third-order valence-electron chi connectivity index (χ3n) is 8.19. The molecule has 0 unspecified atom stereocenters. The highest BCUT2D eigenvalue weighted by molar-refractivity contribution is 7.88. The molecule has 7 nitrogen and oxygen atoms in total. The molecule has 0 aromatic heterocycles. The van der Waals surface area contributed by atoms with Gasteiger partial charge in [-0.25, -0.2) is 0 Å². The number of nitrogens with one attached hydrogen (secondary N) is 2. The Labute approximate surface area is 338 Å². The normalized spacial score (nSPS) is 12.1. The standard InChI is InChI=1S/C23H20F3NOSi.C19H11F6NO4S/c1-29(2,3)13-12-16-10-11-20-17(14-16)6-4-9-21(20)22(28)27-19-8-5-7-18(15-19)23(24,25)26;20-18(21,22)12-4-2-5-13(10-12)26-17(27)16-6-1-3-11-9-14(7-8-15(11)16)30-31(28,29)19(23,24)25/h4-11,14-15H,1-3H3,(H,27,28);1-10H,(H,26,27). The van der Waals surface area contributed by atoms with E-state index in [4.69, 9.17) is 0 Å². The summed E-state index contributed by atoms with van der Waals surface area (Å²) in [4.78, 5) is 25.3. The summed E-state index contributed by atoms with van der Waals surface area (Å²) < 4.78 is 141.